The molecule has 0 saturated carbocycles. The normalized spacial score (nSPS) is 23.3. The van der Waals surface area contributed by atoms with Gasteiger partial charge >= 0.3 is 25.8 Å². The summed E-state index contributed by atoms with van der Waals surface area (Å²) >= 11 is 0. The zero-order valence-electron chi connectivity index (χ0n) is 22.4. The number of carbonyl (C=O) groups is 2. The molecule has 5 N–H and O–H groups in total. The van der Waals surface area contributed by atoms with Crippen LogP contribution in [0.15, 0.2) is 6.33 Å². The minimum Gasteiger partial charge on any atom is -0.465 e. The molecule has 40 heavy (non-hydrogen) atoms. The third-order valence-corrected chi connectivity index (χ3v) is 7.28. The number of aliphatic hydroxyl groups excluding tert-OH is 2. The minimum atomic E-state index is -4.45. The number of hydrogen-bond acceptors (Lipinski definition) is 14. The highest BCUT2D eigenvalue weighted by molar-refractivity contribution is 7.51. The smallest absolute Gasteiger partial charge is 0.406 e. The molecule has 0 aliphatic carbocycles. The van der Waals surface area contributed by atoms with Gasteiger partial charge in [-0.1, -0.05) is 13.8 Å². The molecule has 0 aromatic carbocycles. The third-order valence-electron chi connectivity index (χ3n) is 5.69. The van der Waals surface area contributed by atoms with Crippen LogP contribution in [0, 0.1) is 12.0 Å². The van der Waals surface area contributed by atoms with Crippen LogP contribution in [0.3, 0.4) is 0 Å². The third kappa shape index (κ3) is 7.69. The lowest BCUT2D eigenvalue weighted by Gasteiger charge is -2.26. The van der Waals surface area contributed by atoms with E-state index >= 15 is 0 Å². The van der Waals surface area contributed by atoms with Gasteiger partial charge in [0, 0.05) is 0 Å². The van der Waals surface area contributed by atoms with Crippen molar-refractivity contribution in [2.24, 2.45) is 5.92 Å². The predicted molar refractivity (Wildman–Crippen MR) is 135 cm³/mol. The number of aliphatic hydroxyl groups is 2. The van der Waals surface area contributed by atoms with E-state index in [1.54, 1.807) is 13.8 Å². The minimum absolute atomic E-state index is 0.0380. The number of carbonyl (C=O) groups excluding carboxylic acids is 2. The van der Waals surface area contributed by atoms with Gasteiger partial charge in [0.25, 0.3) is 0 Å². The first-order chi connectivity index (χ1) is 18.9. The van der Waals surface area contributed by atoms with Gasteiger partial charge in [0.15, 0.2) is 29.8 Å². The molecule has 3 heterocycles. The van der Waals surface area contributed by atoms with Gasteiger partial charge in [0.05, 0.1) is 26.1 Å². The Labute approximate surface area is 228 Å². The lowest BCUT2D eigenvalue weighted by Crippen LogP contribution is -2.39. The average molecular weight is 593 g/mol. The van der Waals surface area contributed by atoms with Crippen LogP contribution < -0.4 is 10.8 Å². The lowest BCUT2D eigenvalue weighted by molar-refractivity contribution is -0.145. The number of imidazole rings is 1. The first kappa shape index (κ1) is 31.7. The molecule has 3 rings (SSSR count). The molecule has 0 spiro atoms. The predicted octanol–water partition coefficient (Wildman–Crippen LogP) is 0.439. The van der Waals surface area contributed by atoms with Gasteiger partial charge in [-0.3, -0.25) is 18.4 Å². The second-order valence-corrected chi connectivity index (χ2v) is 11.0. The summed E-state index contributed by atoms with van der Waals surface area (Å²) in [6.45, 7) is 5.54. The van der Waals surface area contributed by atoms with Gasteiger partial charge in [0.2, 0.25) is 0 Å². The van der Waals surface area contributed by atoms with E-state index in [0.717, 1.165) is 4.57 Å². The molecular formula is C22H34FN6O10P. The molecule has 1 fully saturated rings. The van der Waals surface area contributed by atoms with Crippen molar-refractivity contribution < 1.29 is 52.0 Å². The number of esters is 2. The molecule has 0 radical (unpaired) electrons. The Morgan fingerprint density at radius 1 is 1.20 bits per heavy atom. The number of nitrogens with two attached hydrogens (primary N) is 1. The van der Waals surface area contributed by atoms with E-state index in [1.165, 1.54) is 6.33 Å². The number of nitrogen functional groups attached to an aromatic ring is 1. The Bertz CT molecular complexity index is 1230. The molecule has 2 aromatic heterocycles. The van der Waals surface area contributed by atoms with E-state index in [9.17, 15) is 28.8 Å². The molecule has 2 aromatic rings. The van der Waals surface area contributed by atoms with Gasteiger partial charge in [-0.15, -0.1) is 0 Å². The fourth-order valence-corrected chi connectivity index (χ4v) is 5.36. The number of ether oxygens (including phenoxy) is 3. The van der Waals surface area contributed by atoms with Crippen LogP contribution in [0.2, 0.25) is 0 Å². The summed E-state index contributed by atoms with van der Waals surface area (Å²) in [7, 11) is -4.45. The highest BCUT2D eigenvalue weighted by atomic mass is 31.2. The molecule has 1 saturated heterocycles. The van der Waals surface area contributed by atoms with Crippen molar-refractivity contribution in [3.05, 3.63) is 12.4 Å². The monoisotopic (exact) mass is 592 g/mol. The molecule has 16 nitrogen and oxygen atoms in total. The molecular weight excluding hydrogens is 558 g/mol. The Hall–Kier alpha value is -2.79. The number of hydrogen-bond donors (Lipinski definition) is 4. The second-order valence-electron chi connectivity index (χ2n) is 9.18. The molecule has 0 bridgehead atoms. The first-order valence-electron chi connectivity index (χ1n) is 12.5. The van der Waals surface area contributed by atoms with Crippen LogP contribution in [-0.2, 0) is 37.4 Å². The summed E-state index contributed by atoms with van der Waals surface area (Å²) in [5, 5.41) is 23.8. The van der Waals surface area contributed by atoms with Crippen molar-refractivity contribution in [1.82, 2.24) is 24.6 Å². The number of anilines is 1. The zero-order chi connectivity index (χ0) is 29.6. The number of fused-ring (bicyclic) bond motifs is 1. The summed E-state index contributed by atoms with van der Waals surface area (Å²) in [5.74, 6) is -1.83. The van der Waals surface area contributed by atoms with Gasteiger partial charge in [-0.25, -0.2) is 19.4 Å². The van der Waals surface area contributed by atoms with Crippen LogP contribution in [0.5, 0.6) is 0 Å². The largest absolute Gasteiger partial charge is 0.465 e. The maximum absolute atomic E-state index is 13.8. The highest BCUT2D eigenvalue weighted by Crippen LogP contribution is 2.46. The van der Waals surface area contributed by atoms with E-state index in [0.29, 0.717) is 0 Å². The van der Waals surface area contributed by atoms with Crippen LogP contribution in [0.1, 0.15) is 40.3 Å². The molecule has 1 aliphatic rings. The SMILES string of the molecule is CCOC(=O)COP(=O)(N[C@@H](CC(C)C)C(=O)OCC)OC[C@H]1O[C@@H](n2cnc3c(N)nc(F)nc32)[C@@H](O)[C@@H]1O. The number of rotatable bonds is 14. The van der Waals surface area contributed by atoms with E-state index in [1.807, 2.05) is 13.8 Å². The van der Waals surface area contributed by atoms with Crippen molar-refractivity contribution in [2.45, 2.75) is 64.7 Å². The summed E-state index contributed by atoms with van der Waals surface area (Å²) in [4.78, 5) is 35.4. The fourth-order valence-electron chi connectivity index (χ4n) is 3.92. The van der Waals surface area contributed by atoms with Crippen molar-refractivity contribution in [3.63, 3.8) is 0 Å². The first-order valence-corrected chi connectivity index (χ1v) is 14.1. The summed E-state index contributed by atoms with van der Waals surface area (Å²) in [6, 6.07) is -1.13. The zero-order valence-corrected chi connectivity index (χ0v) is 23.3. The molecule has 6 atom stereocenters. The Kier molecular flexibility index (Phi) is 10.9. The Morgan fingerprint density at radius 2 is 1.90 bits per heavy atom. The number of aromatic nitrogens is 4. The van der Waals surface area contributed by atoms with Crippen LogP contribution in [0.25, 0.3) is 11.2 Å². The highest BCUT2D eigenvalue weighted by Gasteiger charge is 2.46. The van der Waals surface area contributed by atoms with Crippen molar-refractivity contribution in [3.8, 4) is 0 Å². The van der Waals surface area contributed by atoms with Crippen LogP contribution >= 0.6 is 7.75 Å². The molecule has 0 amide bonds. The maximum Gasteiger partial charge on any atom is 0.406 e. The average Bonchev–Trinajstić information content (AvgIpc) is 3.42. The van der Waals surface area contributed by atoms with Gasteiger partial charge in [0.1, 0.15) is 24.4 Å². The van der Waals surface area contributed by atoms with Crippen LogP contribution in [0.4, 0.5) is 10.2 Å². The standard InChI is InChI=1S/C22H34FN6O10P/c1-5-35-14(30)9-38-40(34,28-12(7-11(3)4)21(33)36-6-2)37-8-13-16(31)17(32)20(39-13)29-10-25-15-18(24)26-22(23)27-19(15)29/h10-13,16-17,20,31-32H,5-9H2,1-4H3,(H,28,34)(H2,24,26,27)/t12-,13+,16+,17-,20+,40?/m0/s1. The Morgan fingerprint density at radius 3 is 2.55 bits per heavy atom. The lowest BCUT2D eigenvalue weighted by atomic mass is 10.1. The van der Waals surface area contributed by atoms with Gasteiger partial charge in [-0.2, -0.15) is 14.4 Å². The van der Waals surface area contributed by atoms with E-state index in [2.05, 4.69) is 20.0 Å². The van der Waals surface area contributed by atoms with Gasteiger partial charge < -0.3 is 30.2 Å². The second kappa shape index (κ2) is 13.7. The van der Waals surface area contributed by atoms with Crippen LogP contribution in [-0.4, -0.2) is 92.5 Å². The number of halogens is 1. The maximum atomic E-state index is 13.8. The topological polar surface area (TPSA) is 219 Å². The van der Waals surface area contributed by atoms with E-state index in [-0.39, 0.29) is 42.5 Å². The summed E-state index contributed by atoms with van der Waals surface area (Å²) in [5.41, 5.74) is 5.62. The summed E-state index contributed by atoms with van der Waals surface area (Å²) < 4.78 is 54.9. The number of nitrogens with zero attached hydrogens (tertiary/aromatic N) is 4. The van der Waals surface area contributed by atoms with Crippen molar-refractivity contribution >= 4 is 36.7 Å². The molecule has 224 valence electrons. The quantitative estimate of drug-likeness (QED) is 0.133. The Balaban J connectivity index is 1.79. The van der Waals surface area contributed by atoms with E-state index < -0.39 is 69.6 Å². The van der Waals surface area contributed by atoms with Gasteiger partial charge in [-0.05, 0) is 26.2 Å². The summed E-state index contributed by atoms with van der Waals surface area (Å²) in [6.07, 6.45) is -5.55. The molecule has 1 aliphatic heterocycles. The van der Waals surface area contributed by atoms with E-state index in [4.69, 9.17) is 29.0 Å². The fraction of sp³-hybridized carbons (Fsp3) is 0.682. The molecule has 18 heteroatoms. The number of nitrogens with one attached hydrogen (secondary N) is 1. The van der Waals surface area contributed by atoms with Crippen molar-refractivity contribution in [1.29, 1.82) is 0 Å². The molecule has 1 unspecified atom stereocenters. The van der Waals surface area contributed by atoms with Crippen molar-refractivity contribution in [2.75, 3.05) is 32.2 Å².